The lowest BCUT2D eigenvalue weighted by atomic mass is 9.96. The Morgan fingerprint density at radius 2 is 1.83 bits per heavy atom. The summed E-state index contributed by atoms with van der Waals surface area (Å²) in [4.78, 5) is 14.1. The maximum atomic E-state index is 14.9. The number of ether oxygens (including phenoxy) is 1. The van der Waals surface area contributed by atoms with E-state index in [0.29, 0.717) is 39.7 Å². The molecule has 0 spiro atoms. The average Bonchev–Trinajstić information content (AvgIpc) is 2.91. The first-order valence-electron chi connectivity index (χ1n) is 11.8. The molecule has 0 unspecified atom stereocenters. The van der Waals surface area contributed by atoms with Gasteiger partial charge in [0, 0.05) is 41.3 Å². The van der Waals surface area contributed by atoms with E-state index >= 15 is 0 Å². The van der Waals surface area contributed by atoms with Gasteiger partial charge in [0.15, 0.2) is 11.6 Å². The molecule has 2 heterocycles. The Morgan fingerprint density at radius 3 is 2.67 bits per heavy atom. The molecule has 36 heavy (non-hydrogen) atoms. The quantitative estimate of drug-likeness (QED) is 0.228. The molecule has 0 radical (unpaired) electrons. The minimum absolute atomic E-state index is 0.102. The van der Waals surface area contributed by atoms with E-state index in [1.54, 1.807) is 42.9 Å². The van der Waals surface area contributed by atoms with Crippen molar-refractivity contribution in [2.45, 2.75) is 43.0 Å². The third kappa shape index (κ3) is 6.06. The monoisotopic (exact) mass is 521 g/mol. The summed E-state index contributed by atoms with van der Waals surface area (Å²) in [6, 6.07) is 16.1. The third-order valence-corrected chi connectivity index (χ3v) is 7.27. The highest BCUT2D eigenvalue weighted by molar-refractivity contribution is 8.00. The van der Waals surface area contributed by atoms with Crippen LogP contribution in [0.15, 0.2) is 78.1 Å². The molecule has 6 nitrogen and oxygen atoms in total. The first-order valence-corrected chi connectivity index (χ1v) is 13.0. The van der Waals surface area contributed by atoms with E-state index < -0.39 is 5.82 Å². The molecule has 0 amide bonds. The standard InChI is InChI=1S/C27H25ClFN5OS/c28-21-8-4-5-9-26(21)36-34-19-10-11-25(22(29)16-19)35-24-13-14-30-17-20(24)23-12-15-31-27(33-23)32-18-6-2-1-3-7-18/h4-5,8-18,34H,1-3,6-7H2,(H,31,32,33). The summed E-state index contributed by atoms with van der Waals surface area (Å²) in [5.74, 6) is 0.638. The predicted molar refractivity (Wildman–Crippen MR) is 143 cm³/mol. The van der Waals surface area contributed by atoms with Crippen molar-refractivity contribution in [3.8, 4) is 22.8 Å². The second-order valence-electron chi connectivity index (χ2n) is 8.50. The molecule has 184 valence electrons. The van der Waals surface area contributed by atoms with Gasteiger partial charge in [-0.25, -0.2) is 14.4 Å². The molecule has 9 heteroatoms. The summed E-state index contributed by atoms with van der Waals surface area (Å²) < 4.78 is 24.0. The zero-order valence-electron chi connectivity index (χ0n) is 19.5. The fraction of sp³-hybridized carbons (Fsp3) is 0.222. The fourth-order valence-corrected chi connectivity index (χ4v) is 5.00. The van der Waals surface area contributed by atoms with Crippen molar-refractivity contribution in [3.63, 3.8) is 0 Å². The number of rotatable bonds is 8. The fourth-order valence-electron chi connectivity index (χ4n) is 4.08. The zero-order valence-corrected chi connectivity index (χ0v) is 21.0. The largest absolute Gasteiger partial charge is 0.453 e. The number of pyridine rings is 1. The minimum Gasteiger partial charge on any atom is -0.453 e. The van der Waals surface area contributed by atoms with Crippen molar-refractivity contribution in [1.82, 2.24) is 15.0 Å². The number of nitrogens with one attached hydrogen (secondary N) is 2. The minimum atomic E-state index is -0.495. The van der Waals surface area contributed by atoms with Gasteiger partial charge in [0.05, 0.1) is 16.3 Å². The Hall–Kier alpha value is -3.36. The SMILES string of the molecule is Fc1cc(NSc2ccccc2Cl)ccc1Oc1ccncc1-c1ccnc(NC2CCCCC2)n1. The Labute approximate surface area is 218 Å². The Kier molecular flexibility index (Phi) is 7.83. The van der Waals surface area contributed by atoms with Crippen molar-refractivity contribution in [3.05, 3.63) is 84.0 Å². The van der Waals surface area contributed by atoms with Crippen LogP contribution in [-0.4, -0.2) is 21.0 Å². The van der Waals surface area contributed by atoms with Gasteiger partial charge in [-0.15, -0.1) is 0 Å². The van der Waals surface area contributed by atoms with Crippen LogP contribution in [0.5, 0.6) is 11.5 Å². The van der Waals surface area contributed by atoms with Crippen molar-refractivity contribution in [2.75, 3.05) is 10.0 Å². The second-order valence-corrected chi connectivity index (χ2v) is 9.75. The predicted octanol–water partition coefficient (Wildman–Crippen LogP) is 7.99. The van der Waals surface area contributed by atoms with Crippen LogP contribution in [0.25, 0.3) is 11.3 Å². The first kappa shape index (κ1) is 24.3. The first-order chi connectivity index (χ1) is 17.7. The van der Waals surface area contributed by atoms with Crippen molar-refractivity contribution in [2.24, 2.45) is 0 Å². The summed E-state index contributed by atoms with van der Waals surface area (Å²) in [5, 5.41) is 4.07. The molecule has 1 aliphatic carbocycles. The number of halogens is 2. The zero-order chi connectivity index (χ0) is 24.7. The Balaban J connectivity index is 1.31. The topological polar surface area (TPSA) is 72.0 Å². The van der Waals surface area contributed by atoms with Crippen LogP contribution in [0, 0.1) is 5.82 Å². The summed E-state index contributed by atoms with van der Waals surface area (Å²) in [7, 11) is 0. The lowest BCUT2D eigenvalue weighted by Crippen LogP contribution is -2.23. The van der Waals surface area contributed by atoms with E-state index in [2.05, 4.69) is 25.0 Å². The van der Waals surface area contributed by atoms with Gasteiger partial charge in [-0.3, -0.25) is 4.98 Å². The van der Waals surface area contributed by atoms with Crippen LogP contribution in [0.3, 0.4) is 0 Å². The van der Waals surface area contributed by atoms with E-state index in [1.807, 2.05) is 24.3 Å². The van der Waals surface area contributed by atoms with Crippen molar-refractivity contribution in [1.29, 1.82) is 0 Å². The van der Waals surface area contributed by atoms with Crippen LogP contribution >= 0.6 is 23.5 Å². The van der Waals surface area contributed by atoms with Crippen LogP contribution in [0.4, 0.5) is 16.0 Å². The molecule has 0 aliphatic heterocycles. The maximum Gasteiger partial charge on any atom is 0.223 e. The molecule has 0 saturated heterocycles. The van der Waals surface area contributed by atoms with Gasteiger partial charge in [-0.2, -0.15) is 0 Å². The summed E-state index contributed by atoms with van der Waals surface area (Å²) >= 11 is 7.50. The molecule has 2 N–H and O–H groups in total. The van der Waals surface area contributed by atoms with Gasteiger partial charge in [0.2, 0.25) is 5.95 Å². The average molecular weight is 522 g/mol. The Bertz CT molecular complexity index is 1340. The molecular weight excluding hydrogens is 497 g/mol. The van der Waals surface area contributed by atoms with Gasteiger partial charge < -0.3 is 14.8 Å². The highest BCUT2D eigenvalue weighted by atomic mass is 35.5. The third-order valence-electron chi connectivity index (χ3n) is 5.92. The van der Waals surface area contributed by atoms with Gasteiger partial charge in [0.1, 0.15) is 5.75 Å². The summed E-state index contributed by atoms with van der Waals surface area (Å²) in [5.41, 5.74) is 1.90. The van der Waals surface area contributed by atoms with Crippen LogP contribution in [0.1, 0.15) is 32.1 Å². The molecular formula is C27H25ClFN5OS. The summed E-state index contributed by atoms with van der Waals surface area (Å²) in [6.07, 6.45) is 10.9. The summed E-state index contributed by atoms with van der Waals surface area (Å²) in [6.45, 7) is 0. The van der Waals surface area contributed by atoms with E-state index in [0.717, 1.165) is 17.7 Å². The lowest BCUT2D eigenvalue weighted by molar-refractivity contribution is 0.443. The van der Waals surface area contributed by atoms with E-state index in [4.69, 9.17) is 16.3 Å². The highest BCUT2D eigenvalue weighted by Crippen LogP contribution is 2.35. The van der Waals surface area contributed by atoms with Crippen molar-refractivity contribution >= 4 is 35.2 Å². The number of aromatic nitrogens is 3. The van der Waals surface area contributed by atoms with Crippen LogP contribution in [0.2, 0.25) is 5.02 Å². The van der Waals surface area contributed by atoms with Gasteiger partial charge in [-0.1, -0.05) is 43.0 Å². The van der Waals surface area contributed by atoms with E-state index in [-0.39, 0.29) is 5.75 Å². The molecule has 1 saturated carbocycles. The molecule has 0 bridgehead atoms. The number of anilines is 2. The number of hydrogen-bond acceptors (Lipinski definition) is 7. The molecule has 1 fully saturated rings. The lowest BCUT2D eigenvalue weighted by Gasteiger charge is -2.22. The van der Waals surface area contributed by atoms with Gasteiger partial charge in [0.25, 0.3) is 0 Å². The normalized spacial score (nSPS) is 13.8. The molecule has 2 aromatic heterocycles. The smallest absolute Gasteiger partial charge is 0.223 e. The van der Waals surface area contributed by atoms with Gasteiger partial charge in [-0.05, 0) is 61.2 Å². The molecule has 5 rings (SSSR count). The maximum absolute atomic E-state index is 14.9. The number of nitrogens with zero attached hydrogens (tertiary/aromatic N) is 3. The van der Waals surface area contributed by atoms with Crippen LogP contribution < -0.4 is 14.8 Å². The highest BCUT2D eigenvalue weighted by Gasteiger charge is 2.16. The van der Waals surface area contributed by atoms with E-state index in [1.165, 1.54) is 37.3 Å². The molecule has 4 aromatic rings. The van der Waals surface area contributed by atoms with E-state index in [9.17, 15) is 4.39 Å². The number of benzene rings is 2. The van der Waals surface area contributed by atoms with Crippen LogP contribution in [-0.2, 0) is 0 Å². The molecule has 1 aliphatic rings. The van der Waals surface area contributed by atoms with Gasteiger partial charge >= 0.3 is 0 Å². The van der Waals surface area contributed by atoms with Crippen molar-refractivity contribution < 1.29 is 9.13 Å². The second kappa shape index (κ2) is 11.6. The molecule has 0 atom stereocenters. The number of hydrogen-bond donors (Lipinski definition) is 2. The molecule has 2 aromatic carbocycles. The Morgan fingerprint density at radius 1 is 0.972 bits per heavy atom.